The second kappa shape index (κ2) is 10.2. The van der Waals surface area contributed by atoms with Crippen molar-refractivity contribution in [2.45, 2.75) is 13.8 Å². The summed E-state index contributed by atoms with van der Waals surface area (Å²) in [5.74, 6) is 0.177. The Kier molecular flexibility index (Phi) is 7.71. The van der Waals surface area contributed by atoms with Crippen LogP contribution in [0.2, 0.25) is 0 Å². The third-order valence-electron chi connectivity index (χ3n) is 3.72. The number of benzene rings is 2. The maximum absolute atomic E-state index is 12.0. The first-order valence-corrected chi connectivity index (χ1v) is 9.14. The van der Waals surface area contributed by atoms with Crippen LogP contribution >= 0.6 is 12.2 Å². The van der Waals surface area contributed by atoms with E-state index in [-0.39, 0.29) is 22.8 Å². The topological polar surface area (TPSA) is 79.5 Å². The first-order chi connectivity index (χ1) is 13.4. The van der Waals surface area contributed by atoms with Gasteiger partial charge in [0.1, 0.15) is 5.75 Å². The average Bonchev–Trinajstić information content (AvgIpc) is 2.67. The number of carbonyl (C=O) groups excluding carboxylic acids is 2. The van der Waals surface area contributed by atoms with Crippen molar-refractivity contribution in [1.29, 1.82) is 0 Å². The van der Waals surface area contributed by atoms with Gasteiger partial charge in [0.2, 0.25) is 11.8 Å². The number of methoxy groups -OCH3 is 1. The summed E-state index contributed by atoms with van der Waals surface area (Å²) < 4.78 is 5.24. The van der Waals surface area contributed by atoms with Gasteiger partial charge in [-0.1, -0.05) is 32.0 Å². The first kappa shape index (κ1) is 21.1. The predicted octanol–water partition coefficient (Wildman–Crippen LogP) is 3.82. The fourth-order valence-electron chi connectivity index (χ4n) is 2.21. The van der Waals surface area contributed by atoms with Crippen molar-refractivity contribution in [1.82, 2.24) is 5.32 Å². The second-order valence-electron chi connectivity index (χ2n) is 6.24. The van der Waals surface area contributed by atoms with Crippen LogP contribution in [0.3, 0.4) is 0 Å². The van der Waals surface area contributed by atoms with E-state index in [1.807, 2.05) is 38.1 Å². The summed E-state index contributed by atoms with van der Waals surface area (Å²) in [6.07, 6.45) is 3.04. The van der Waals surface area contributed by atoms with Crippen LogP contribution in [0.1, 0.15) is 19.4 Å². The molecule has 6 nitrogen and oxygen atoms in total. The molecule has 0 bridgehead atoms. The molecule has 0 saturated heterocycles. The van der Waals surface area contributed by atoms with Gasteiger partial charge in [0.25, 0.3) is 0 Å². The van der Waals surface area contributed by atoms with Gasteiger partial charge in [0.15, 0.2) is 5.11 Å². The molecule has 2 rings (SSSR count). The van der Waals surface area contributed by atoms with Crippen molar-refractivity contribution in [3.63, 3.8) is 0 Å². The molecule has 0 unspecified atom stereocenters. The van der Waals surface area contributed by atoms with Gasteiger partial charge in [-0.3, -0.25) is 14.9 Å². The molecule has 0 fully saturated rings. The minimum Gasteiger partial charge on any atom is -0.496 e. The van der Waals surface area contributed by atoms with E-state index in [0.29, 0.717) is 17.1 Å². The lowest BCUT2D eigenvalue weighted by Gasteiger charge is -2.10. The number of nitrogens with one attached hydrogen (secondary N) is 3. The lowest BCUT2D eigenvalue weighted by molar-refractivity contribution is -0.119. The molecule has 3 N–H and O–H groups in total. The molecule has 0 atom stereocenters. The zero-order chi connectivity index (χ0) is 20.5. The summed E-state index contributed by atoms with van der Waals surface area (Å²) in [6, 6.07) is 14.4. The van der Waals surface area contributed by atoms with Crippen molar-refractivity contribution < 1.29 is 14.3 Å². The van der Waals surface area contributed by atoms with E-state index in [1.54, 1.807) is 37.5 Å². The molecule has 7 heteroatoms. The Balaban J connectivity index is 1.88. The molecular formula is C21H23N3O3S. The van der Waals surface area contributed by atoms with E-state index >= 15 is 0 Å². The Labute approximate surface area is 170 Å². The van der Waals surface area contributed by atoms with Crippen LogP contribution in [0.25, 0.3) is 6.08 Å². The Morgan fingerprint density at radius 1 is 1.00 bits per heavy atom. The van der Waals surface area contributed by atoms with E-state index in [0.717, 1.165) is 5.56 Å². The van der Waals surface area contributed by atoms with E-state index < -0.39 is 0 Å². The van der Waals surface area contributed by atoms with Crippen LogP contribution in [0.5, 0.6) is 5.75 Å². The van der Waals surface area contributed by atoms with Crippen LogP contribution in [-0.2, 0) is 9.59 Å². The van der Waals surface area contributed by atoms with Crippen molar-refractivity contribution >= 4 is 46.6 Å². The maximum Gasteiger partial charge on any atom is 0.250 e. The standard InChI is InChI=1S/C21H23N3O3S/c1-14(2)20(26)22-16-9-11-17(12-10-16)23-21(28)24-19(25)13-8-15-6-4-5-7-18(15)27-3/h4-14H,1-3H3,(H,22,26)(H2,23,24,25,28)/b13-8+. The molecule has 2 amide bonds. The van der Waals surface area contributed by atoms with Gasteiger partial charge in [-0.25, -0.2) is 0 Å². The van der Waals surface area contributed by atoms with Crippen molar-refractivity contribution in [3.8, 4) is 5.75 Å². The quantitative estimate of drug-likeness (QED) is 0.510. The monoisotopic (exact) mass is 397 g/mol. The Morgan fingerprint density at radius 2 is 1.61 bits per heavy atom. The van der Waals surface area contributed by atoms with Crippen molar-refractivity contribution in [2.75, 3.05) is 17.7 Å². The fraction of sp³-hybridized carbons (Fsp3) is 0.190. The third-order valence-corrected chi connectivity index (χ3v) is 3.93. The average molecular weight is 398 g/mol. The number of para-hydroxylation sites is 1. The van der Waals surface area contributed by atoms with Gasteiger partial charge in [-0.2, -0.15) is 0 Å². The summed E-state index contributed by atoms with van der Waals surface area (Å²) in [4.78, 5) is 23.7. The number of rotatable bonds is 6. The fourth-order valence-corrected chi connectivity index (χ4v) is 2.43. The molecule has 0 aliphatic heterocycles. The second-order valence-corrected chi connectivity index (χ2v) is 6.65. The van der Waals surface area contributed by atoms with Gasteiger partial charge in [0, 0.05) is 28.9 Å². The minimum absolute atomic E-state index is 0.0506. The zero-order valence-corrected chi connectivity index (χ0v) is 16.8. The van der Waals surface area contributed by atoms with E-state index in [1.165, 1.54) is 6.08 Å². The van der Waals surface area contributed by atoms with Crippen LogP contribution in [0.4, 0.5) is 11.4 Å². The molecule has 146 valence electrons. The Bertz CT molecular complexity index is 877. The van der Waals surface area contributed by atoms with Crippen LogP contribution < -0.4 is 20.7 Å². The molecule has 0 aromatic heterocycles. The van der Waals surface area contributed by atoms with E-state index in [2.05, 4.69) is 16.0 Å². The highest BCUT2D eigenvalue weighted by Crippen LogP contribution is 2.18. The lowest BCUT2D eigenvalue weighted by atomic mass is 10.2. The number of thiocarbonyl (C=S) groups is 1. The molecule has 2 aromatic rings. The summed E-state index contributed by atoms with van der Waals surface area (Å²) >= 11 is 5.16. The first-order valence-electron chi connectivity index (χ1n) is 8.73. The van der Waals surface area contributed by atoms with Crippen molar-refractivity contribution in [3.05, 3.63) is 60.2 Å². The molecule has 0 radical (unpaired) electrons. The molecule has 0 saturated carbocycles. The van der Waals surface area contributed by atoms with E-state index in [4.69, 9.17) is 17.0 Å². The smallest absolute Gasteiger partial charge is 0.250 e. The summed E-state index contributed by atoms with van der Waals surface area (Å²) in [7, 11) is 1.57. The number of ether oxygens (including phenoxy) is 1. The highest BCUT2D eigenvalue weighted by atomic mass is 32.1. The van der Waals surface area contributed by atoms with Gasteiger partial charge < -0.3 is 15.4 Å². The predicted molar refractivity (Wildman–Crippen MR) is 116 cm³/mol. The van der Waals surface area contributed by atoms with Crippen LogP contribution in [0, 0.1) is 5.92 Å². The Hall–Kier alpha value is -3.19. The molecule has 2 aromatic carbocycles. The largest absolute Gasteiger partial charge is 0.496 e. The van der Waals surface area contributed by atoms with E-state index in [9.17, 15) is 9.59 Å². The molecule has 0 spiro atoms. The van der Waals surface area contributed by atoms with Gasteiger partial charge in [0.05, 0.1) is 7.11 Å². The minimum atomic E-state index is -0.357. The third kappa shape index (κ3) is 6.51. The number of hydrogen-bond donors (Lipinski definition) is 3. The lowest BCUT2D eigenvalue weighted by Crippen LogP contribution is -2.32. The summed E-state index contributed by atoms with van der Waals surface area (Å²) in [5.41, 5.74) is 2.18. The summed E-state index contributed by atoms with van der Waals surface area (Å²) in [6.45, 7) is 3.66. The number of amides is 2. The maximum atomic E-state index is 12.0. The Morgan fingerprint density at radius 3 is 2.21 bits per heavy atom. The van der Waals surface area contributed by atoms with Crippen LogP contribution in [0.15, 0.2) is 54.6 Å². The van der Waals surface area contributed by atoms with Gasteiger partial charge in [-0.15, -0.1) is 0 Å². The van der Waals surface area contributed by atoms with Gasteiger partial charge in [-0.05, 0) is 48.6 Å². The summed E-state index contributed by atoms with van der Waals surface area (Å²) in [5, 5.41) is 8.49. The number of anilines is 2. The highest BCUT2D eigenvalue weighted by Gasteiger charge is 2.07. The van der Waals surface area contributed by atoms with Crippen LogP contribution in [-0.4, -0.2) is 24.0 Å². The molecule has 0 aliphatic carbocycles. The normalized spacial score (nSPS) is 10.6. The molecule has 0 heterocycles. The number of carbonyl (C=O) groups is 2. The molecular weight excluding hydrogens is 374 g/mol. The van der Waals surface area contributed by atoms with Gasteiger partial charge >= 0.3 is 0 Å². The van der Waals surface area contributed by atoms with Crippen molar-refractivity contribution in [2.24, 2.45) is 5.92 Å². The SMILES string of the molecule is COc1ccccc1/C=C/C(=O)NC(=S)Nc1ccc(NC(=O)C(C)C)cc1. The zero-order valence-electron chi connectivity index (χ0n) is 16.0. The molecule has 28 heavy (non-hydrogen) atoms. The number of hydrogen-bond acceptors (Lipinski definition) is 4. The highest BCUT2D eigenvalue weighted by molar-refractivity contribution is 7.80. The molecule has 0 aliphatic rings.